The van der Waals surface area contributed by atoms with E-state index in [0.29, 0.717) is 17.8 Å². The largest absolute Gasteiger partial charge is 0.417 e. The van der Waals surface area contributed by atoms with Gasteiger partial charge in [0, 0.05) is 19.8 Å². The Labute approximate surface area is 160 Å². The first-order valence-electron chi connectivity index (χ1n) is 8.56. The molecule has 3 aromatic rings. The minimum atomic E-state index is -4.45. The standard InChI is InChI=1S/C20H19F3N4O/c1-13-4-6-15(7-5-13)12-26(3)19(28)17-11-25-27(14(17)2)18-9-8-16(10-24-18)20(21,22)23/h4-11H,12H2,1-3H3. The Hall–Kier alpha value is -3.16. The lowest BCUT2D eigenvalue weighted by Crippen LogP contribution is -2.26. The molecule has 0 spiro atoms. The van der Waals surface area contributed by atoms with Crippen molar-refractivity contribution in [2.75, 3.05) is 7.05 Å². The molecular formula is C20H19F3N4O. The molecule has 28 heavy (non-hydrogen) atoms. The van der Waals surface area contributed by atoms with Crippen molar-refractivity contribution in [1.29, 1.82) is 0 Å². The minimum Gasteiger partial charge on any atom is -0.337 e. The summed E-state index contributed by atoms with van der Waals surface area (Å²) in [5, 5.41) is 4.13. The number of amides is 1. The van der Waals surface area contributed by atoms with Crippen molar-refractivity contribution in [1.82, 2.24) is 19.7 Å². The quantitative estimate of drug-likeness (QED) is 0.674. The summed E-state index contributed by atoms with van der Waals surface area (Å²) in [7, 11) is 1.69. The zero-order chi connectivity index (χ0) is 20.5. The number of aryl methyl sites for hydroxylation is 1. The maximum absolute atomic E-state index is 12.8. The van der Waals surface area contributed by atoms with Gasteiger partial charge in [0.1, 0.15) is 0 Å². The summed E-state index contributed by atoms with van der Waals surface area (Å²) < 4.78 is 39.4. The molecule has 5 nitrogen and oxygen atoms in total. The monoisotopic (exact) mass is 388 g/mol. The Morgan fingerprint density at radius 3 is 2.32 bits per heavy atom. The van der Waals surface area contributed by atoms with Gasteiger partial charge in [-0.05, 0) is 31.5 Å². The van der Waals surface area contributed by atoms with Crippen LogP contribution in [0.5, 0.6) is 0 Å². The molecule has 0 aliphatic carbocycles. The molecule has 0 bridgehead atoms. The molecule has 1 aromatic carbocycles. The molecule has 0 radical (unpaired) electrons. The van der Waals surface area contributed by atoms with Gasteiger partial charge in [-0.15, -0.1) is 0 Å². The molecule has 0 aliphatic heterocycles. The Morgan fingerprint density at radius 2 is 1.75 bits per heavy atom. The summed E-state index contributed by atoms with van der Waals surface area (Å²) >= 11 is 0. The molecule has 1 amide bonds. The fraction of sp³-hybridized carbons (Fsp3) is 0.250. The molecule has 0 saturated heterocycles. The number of pyridine rings is 1. The van der Waals surface area contributed by atoms with E-state index in [2.05, 4.69) is 10.1 Å². The second-order valence-corrected chi connectivity index (χ2v) is 6.61. The van der Waals surface area contributed by atoms with Crippen LogP contribution in [-0.4, -0.2) is 32.6 Å². The Balaban J connectivity index is 1.80. The molecule has 0 aliphatic rings. The van der Waals surface area contributed by atoms with E-state index in [1.165, 1.54) is 16.9 Å². The highest BCUT2D eigenvalue weighted by Crippen LogP contribution is 2.28. The summed E-state index contributed by atoms with van der Waals surface area (Å²) in [6.45, 7) is 4.10. The second-order valence-electron chi connectivity index (χ2n) is 6.61. The van der Waals surface area contributed by atoms with Crippen molar-refractivity contribution >= 4 is 5.91 Å². The van der Waals surface area contributed by atoms with Crippen LogP contribution in [0.4, 0.5) is 13.2 Å². The number of hydrogen-bond acceptors (Lipinski definition) is 3. The van der Waals surface area contributed by atoms with Crippen LogP contribution in [0.2, 0.25) is 0 Å². The van der Waals surface area contributed by atoms with Gasteiger partial charge in [0.05, 0.1) is 23.0 Å². The van der Waals surface area contributed by atoms with Gasteiger partial charge in [0.25, 0.3) is 5.91 Å². The van der Waals surface area contributed by atoms with Crippen LogP contribution < -0.4 is 0 Å². The van der Waals surface area contributed by atoms with Crippen molar-refractivity contribution in [3.8, 4) is 5.82 Å². The van der Waals surface area contributed by atoms with Gasteiger partial charge in [0.2, 0.25) is 0 Å². The average molecular weight is 388 g/mol. The fourth-order valence-electron chi connectivity index (χ4n) is 2.77. The summed E-state index contributed by atoms with van der Waals surface area (Å²) in [6, 6.07) is 10.0. The van der Waals surface area contributed by atoms with Gasteiger partial charge >= 0.3 is 6.18 Å². The van der Waals surface area contributed by atoms with Crippen molar-refractivity contribution in [2.24, 2.45) is 0 Å². The summed E-state index contributed by atoms with van der Waals surface area (Å²) in [5.41, 5.74) is 2.18. The van der Waals surface area contributed by atoms with E-state index in [-0.39, 0.29) is 11.7 Å². The van der Waals surface area contributed by atoms with Crippen LogP contribution in [0.25, 0.3) is 5.82 Å². The maximum Gasteiger partial charge on any atom is 0.417 e. The molecule has 2 aromatic heterocycles. The maximum atomic E-state index is 12.8. The Kier molecular flexibility index (Phi) is 5.22. The minimum absolute atomic E-state index is 0.214. The van der Waals surface area contributed by atoms with E-state index in [0.717, 1.165) is 23.4 Å². The zero-order valence-electron chi connectivity index (χ0n) is 15.7. The van der Waals surface area contributed by atoms with Crippen LogP contribution in [0.3, 0.4) is 0 Å². The first-order chi connectivity index (χ1) is 13.2. The van der Waals surface area contributed by atoms with E-state index in [4.69, 9.17) is 0 Å². The lowest BCUT2D eigenvalue weighted by molar-refractivity contribution is -0.137. The van der Waals surface area contributed by atoms with Gasteiger partial charge in [0.15, 0.2) is 5.82 Å². The van der Waals surface area contributed by atoms with Gasteiger partial charge in [-0.2, -0.15) is 18.3 Å². The van der Waals surface area contributed by atoms with Crippen molar-refractivity contribution in [3.05, 3.63) is 76.7 Å². The molecule has 0 saturated carbocycles. The van der Waals surface area contributed by atoms with Crippen LogP contribution in [0, 0.1) is 13.8 Å². The van der Waals surface area contributed by atoms with E-state index in [9.17, 15) is 18.0 Å². The number of carbonyl (C=O) groups is 1. The van der Waals surface area contributed by atoms with Gasteiger partial charge in [-0.1, -0.05) is 29.8 Å². The third-order valence-corrected chi connectivity index (χ3v) is 4.42. The van der Waals surface area contributed by atoms with Gasteiger partial charge in [-0.25, -0.2) is 9.67 Å². The average Bonchev–Trinajstić information content (AvgIpc) is 3.03. The number of halogens is 3. The number of aromatic nitrogens is 3. The number of benzene rings is 1. The zero-order valence-corrected chi connectivity index (χ0v) is 15.7. The molecule has 3 rings (SSSR count). The fourth-order valence-corrected chi connectivity index (χ4v) is 2.77. The van der Waals surface area contributed by atoms with E-state index >= 15 is 0 Å². The van der Waals surface area contributed by atoms with Gasteiger partial charge in [-0.3, -0.25) is 4.79 Å². The molecular weight excluding hydrogens is 369 g/mol. The number of hydrogen-bond donors (Lipinski definition) is 0. The van der Waals surface area contributed by atoms with E-state index in [1.54, 1.807) is 18.9 Å². The highest BCUT2D eigenvalue weighted by Gasteiger charge is 2.31. The number of carbonyl (C=O) groups excluding carboxylic acids is 1. The SMILES string of the molecule is Cc1ccc(CN(C)C(=O)c2cnn(-c3ccc(C(F)(F)F)cn3)c2C)cc1. The molecule has 2 heterocycles. The highest BCUT2D eigenvalue weighted by atomic mass is 19.4. The second kappa shape index (κ2) is 7.46. The summed E-state index contributed by atoms with van der Waals surface area (Å²) in [6.07, 6.45) is -2.30. The first kappa shape index (κ1) is 19.6. The predicted octanol–water partition coefficient (Wildman–Crippen LogP) is 4.18. The van der Waals surface area contributed by atoms with Crippen molar-refractivity contribution in [2.45, 2.75) is 26.6 Å². The third-order valence-electron chi connectivity index (χ3n) is 4.42. The summed E-state index contributed by atoms with van der Waals surface area (Å²) in [5.74, 6) is -0.0121. The van der Waals surface area contributed by atoms with E-state index < -0.39 is 11.7 Å². The lowest BCUT2D eigenvalue weighted by Gasteiger charge is -2.17. The smallest absolute Gasteiger partial charge is 0.337 e. The Morgan fingerprint density at radius 1 is 1.07 bits per heavy atom. The van der Waals surface area contributed by atoms with Crippen LogP contribution in [-0.2, 0) is 12.7 Å². The molecule has 0 fully saturated rings. The third kappa shape index (κ3) is 4.05. The molecule has 8 heteroatoms. The number of rotatable bonds is 4. The van der Waals surface area contributed by atoms with E-state index in [1.807, 2.05) is 31.2 Å². The lowest BCUT2D eigenvalue weighted by atomic mass is 10.1. The number of alkyl halides is 3. The van der Waals surface area contributed by atoms with Crippen molar-refractivity contribution < 1.29 is 18.0 Å². The van der Waals surface area contributed by atoms with Gasteiger partial charge < -0.3 is 4.90 Å². The summed E-state index contributed by atoms with van der Waals surface area (Å²) in [4.78, 5) is 18.2. The topological polar surface area (TPSA) is 51.0 Å². The molecule has 0 unspecified atom stereocenters. The van der Waals surface area contributed by atoms with Crippen molar-refractivity contribution in [3.63, 3.8) is 0 Å². The first-order valence-corrected chi connectivity index (χ1v) is 8.56. The Bertz CT molecular complexity index is 976. The number of nitrogens with zero attached hydrogens (tertiary/aromatic N) is 4. The predicted molar refractivity (Wildman–Crippen MR) is 98.1 cm³/mol. The molecule has 0 N–H and O–H groups in total. The molecule has 146 valence electrons. The van der Waals surface area contributed by atoms with Crippen LogP contribution in [0.15, 0.2) is 48.8 Å². The highest BCUT2D eigenvalue weighted by molar-refractivity contribution is 5.95. The molecule has 0 atom stereocenters. The normalized spacial score (nSPS) is 11.5. The van der Waals surface area contributed by atoms with Crippen LogP contribution >= 0.6 is 0 Å². The van der Waals surface area contributed by atoms with Crippen LogP contribution in [0.1, 0.15) is 32.7 Å².